The van der Waals surface area contributed by atoms with E-state index in [-0.39, 0.29) is 23.8 Å². The van der Waals surface area contributed by atoms with Crippen LogP contribution < -0.4 is 5.32 Å². The van der Waals surface area contributed by atoms with Crippen LogP contribution in [0.1, 0.15) is 29.0 Å². The largest absolute Gasteiger partial charge is 0.507 e. The maximum absolute atomic E-state index is 13.1. The Morgan fingerprint density at radius 2 is 1.91 bits per heavy atom. The fourth-order valence-electron chi connectivity index (χ4n) is 3.74. The lowest BCUT2D eigenvalue weighted by Gasteiger charge is -2.25. The van der Waals surface area contributed by atoms with Crippen molar-refractivity contribution in [1.29, 1.82) is 0 Å². The molecule has 2 amide bonds. The van der Waals surface area contributed by atoms with Crippen molar-refractivity contribution in [3.8, 4) is 0 Å². The highest BCUT2D eigenvalue weighted by Crippen LogP contribution is 2.42. The quantitative estimate of drug-likeness (QED) is 0.315. The van der Waals surface area contributed by atoms with E-state index in [1.807, 2.05) is 17.5 Å². The number of rotatable bonds is 5. The van der Waals surface area contributed by atoms with E-state index >= 15 is 0 Å². The molecule has 32 heavy (non-hydrogen) atoms. The maximum atomic E-state index is 13.1. The van der Waals surface area contributed by atoms with Gasteiger partial charge in [0.25, 0.3) is 11.7 Å². The molecule has 1 aliphatic rings. The van der Waals surface area contributed by atoms with E-state index in [4.69, 9.17) is 11.6 Å². The highest BCUT2D eigenvalue weighted by molar-refractivity contribution is 7.09. The second-order valence-electron chi connectivity index (χ2n) is 7.29. The first-order chi connectivity index (χ1) is 15.4. The molecule has 6 nitrogen and oxygen atoms in total. The molecule has 1 aromatic heterocycles. The first-order valence-electron chi connectivity index (χ1n) is 9.80. The van der Waals surface area contributed by atoms with Crippen LogP contribution in [0.5, 0.6) is 0 Å². The molecule has 0 radical (unpaired) electrons. The van der Waals surface area contributed by atoms with Crippen LogP contribution in [0.2, 0.25) is 5.02 Å². The number of anilines is 1. The number of carbonyl (C=O) groups excluding carboxylic acids is 3. The lowest BCUT2D eigenvalue weighted by molar-refractivity contribution is -0.140. The van der Waals surface area contributed by atoms with Gasteiger partial charge in [0.2, 0.25) is 5.91 Å². The Labute approximate surface area is 193 Å². The molecule has 2 heterocycles. The van der Waals surface area contributed by atoms with Crippen LogP contribution in [-0.4, -0.2) is 27.6 Å². The van der Waals surface area contributed by atoms with E-state index in [0.29, 0.717) is 21.8 Å². The fraction of sp³-hybridized carbons (Fsp3) is 0.125. The zero-order valence-corrected chi connectivity index (χ0v) is 18.6. The average Bonchev–Trinajstić information content (AvgIpc) is 3.36. The summed E-state index contributed by atoms with van der Waals surface area (Å²) >= 11 is 7.92. The van der Waals surface area contributed by atoms with E-state index in [1.165, 1.54) is 23.2 Å². The van der Waals surface area contributed by atoms with Crippen LogP contribution in [0, 0.1) is 0 Å². The summed E-state index contributed by atoms with van der Waals surface area (Å²) in [6.45, 7) is 1.58. The molecule has 3 aromatic rings. The second kappa shape index (κ2) is 8.98. The Kier molecular flexibility index (Phi) is 6.12. The van der Waals surface area contributed by atoms with E-state index < -0.39 is 17.7 Å². The summed E-state index contributed by atoms with van der Waals surface area (Å²) in [5, 5.41) is 16.1. The average molecular weight is 467 g/mol. The number of thiophene rings is 1. The zero-order valence-electron chi connectivity index (χ0n) is 17.0. The number of aliphatic hydroxyl groups is 1. The van der Waals surface area contributed by atoms with Gasteiger partial charge in [-0.3, -0.25) is 14.4 Å². The van der Waals surface area contributed by atoms with Crippen molar-refractivity contribution in [3.05, 3.63) is 92.6 Å². The number of nitrogens with one attached hydrogen (secondary N) is 1. The Hall–Kier alpha value is -3.42. The number of carbonyl (C=O) groups is 3. The molecule has 2 aromatic carbocycles. The summed E-state index contributed by atoms with van der Waals surface area (Å²) in [6.07, 6.45) is 0. The number of Topliss-reactive ketones (excluding diaryl/α,β-unsaturated/α-hetero) is 1. The molecule has 0 aliphatic carbocycles. The van der Waals surface area contributed by atoms with Crippen molar-refractivity contribution in [2.45, 2.75) is 19.5 Å². The molecule has 2 N–H and O–H groups in total. The summed E-state index contributed by atoms with van der Waals surface area (Å²) in [5.74, 6) is -2.08. The van der Waals surface area contributed by atoms with Gasteiger partial charge >= 0.3 is 0 Å². The van der Waals surface area contributed by atoms with Gasteiger partial charge in [0.15, 0.2) is 0 Å². The molecule has 0 saturated carbocycles. The summed E-state index contributed by atoms with van der Waals surface area (Å²) in [7, 11) is 0. The predicted octanol–water partition coefficient (Wildman–Crippen LogP) is 4.98. The van der Waals surface area contributed by atoms with Gasteiger partial charge in [0.05, 0.1) is 18.2 Å². The number of likely N-dealkylation sites (tertiary alicyclic amines) is 1. The van der Waals surface area contributed by atoms with Crippen LogP contribution in [0.3, 0.4) is 0 Å². The van der Waals surface area contributed by atoms with Gasteiger partial charge in [-0.1, -0.05) is 48.0 Å². The Morgan fingerprint density at radius 1 is 1.12 bits per heavy atom. The van der Waals surface area contributed by atoms with Gasteiger partial charge in [-0.25, -0.2) is 0 Å². The molecule has 0 spiro atoms. The number of hydrogen-bond acceptors (Lipinski definition) is 5. The summed E-state index contributed by atoms with van der Waals surface area (Å²) in [6, 6.07) is 16.3. The minimum absolute atomic E-state index is 0.0420. The lowest BCUT2D eigenvalue weighted by atomic mass is 9.95. The molecule has 1 saturated heterocycles. The summed E-state index contributed by atoms with van der Waals surface area (Å²) in [5.41, 5.74) is 1.27. The monoisotopic (exact) mass is 466 g/mol. The zero-order chi connectivity index (χ0) is 22.8. The van der Waals surface area contributed by atoms with Crippen molar-refractivity contribution in [1.82, 2.24) is 4.90 Å². The third-order valence-corrected chi connectivity index (χ3v) is 6.31. The molecule has 0 bridgehead atoms. The number of amides is 2. The summed E-state index contributed by atoms with van der Waals surface area (Å²) < 4.78 is 0. The van der Waals surface area contributed by atoms with Crippen LogP contribution in [0.4, 0.5) is 5.69 Å². The minimum Gasteiger partial charge on any atom is -0.507 e. The molecule has 1 fully saturated rings. The van der Waals surface area contributed by atoms with Gasteiger partial charge in [0, 0.05) is 28.1 Å². The van der Waals surface area contributed by atoms with Gasteiger partial charge in [-0.15, -0.1) is 11.3 Å². The highest BCUT2D eigenvalue weighted by Gasteiger charge is 2.46. The number of benzene rings is 2. The predicted molar refractivity (Wildman–Crippen MR) is 124 cm³/mol. The third-order valence-electron chi connectivity index (χ3n) is 5.10. The van der Waals surface area contributed by atoms with E-state index in [1.54, 1.807) is 48.5 Å². The van der Waals surface area contributed by atoms with Gasteiger partial charge in [-0.05, 0) is 35.2 Å². The van der Waals surface area contributed by atoms with Gasteiger partial charge < -0.3 is 15.3 Å². The molecular weight excluding hydrogens is 448 g/mol. The topological polar surface area (TPSA) is 86.7 Å². The van der Waals surface area contributed by atoms with E-state index in [0.717, 1.165) is 4.88 Å². The first-order valence-corrected chi connectivity index (χ1v) is 11.1. The number of aliphatic hydroxyl groups excluding tert-OH is 1. The van der Waals surface area contributed by atoms with Crippen molar-refractivity contribution < 1.29 is 19.5 Å². The lowest BCUT2D eigenvalue weighted by Crippen LogP contribution is -2.29. The van der Waals surface area contributed by atoms with E-state index in [2.05, 4.69) is 5.32 Å². The van der Waals surface area contributed by atoms with Crippen molar-refractivity contribution in [3.63, 3.8) is 0 Å². The van der Waals surface area contributed by atoms with Crippen LogP contribution >= 0.6 is 22.9 Å². The van der Waals surface area contributed by atoms with Crippen molar-refractivity contribution in [2.75, 3.05) is 5.32 Å². The smallest absolute Gasteiger partial charge is 0.295 e. The summed E-state index contributed by atoms with van der Waals surface area (Å²) in [4.78, 5) is 39.9. The molecule has 1 unspecified atom stereocenters. The molecule has 1 atom stereocenters. The van der Waals surface area contributed by atoms with Crippen LogP contribution in [0.15, 0.2) is 71.6 Å². The second-order valence-corrected chi connectivity index (χ2v) is 8.73. The standard InChI is InChI=1S/C24H19ClN2O4S/c1-14(28)26-16-7-4-6-15(12-16)22(29)20-21(18-9-2-3-10-19(18)25)27(24(31)23(20)30)13-17-8-5-11-32-17/h2-12,21,29H,13H2,1H3,(H,26,28)/b22-20+. The number of ketones is 1. The Balaban J connectivity index is 1.86. The van der Waals surface area contributed by atoms with Gasteiger partial charge in [-0.2, -0.15) is 0 Å². The number of halogens is 1. The maximum Gasteiger partial charge on any atom is 0.295 e. The Bertz CT molecular complexity index is 1240. The fourth-order valence-corrected chi connectivity index (χ4v) is 4.68. The van der Waals surface area contributed by atoms with Crippen LogP contribution in [-0.2, 0) is 20.9 Å². The van der Waals surface area contributed by atoms with Crippen LogP contribution in [0.25, 0.3) is 5.76 Å². The molecule has 4 rings (SSSR count). The van der Waals surface area contributed by atoms with Crippen molar-refractivity contribution >= 4 is 52.0 Å². The molecule has 162 valence electrons. The van der Waals surface area contributed by atoms with Gasteiger partial charge in [0.1, 0.15) is 5.76 Å². The first kappa shape index (κ1) is 21.8. The van der Waals surface area contributed by atoms with Crippen molar-refractivity contribution in [2.24, 2.45) is 0 Å². The molecule has 8 heteroatoms. The molecule has 1 aliphatic heterocycles. The highest BCUT2D eigenvalue weighted by atomic mass is 35.5. The SMILES string of the molecule is CC(=O)Nc1cccc(/C(O)=C2\C(=O)C(=O)N(Cc3cccs3)C2c2ccccc2Cl)c1. The molecular formula is C24H19ClN2O4S. The normalized spacial score (nSPS) is 17.6. The number of nitrogens with zero attached hydrogens (tertiary/aromatic N) is 1. The third kappa shape index (κ3) is 4.17. The Morgan fingerprint density at radius 3 is 2.59 bits per heavy atom. The minimum atomic E-state index is -0.852. The van der Waals surface area contributed by atoms with E-state index in [9.17, 15) is 19.5 Å². The number of hydrogen-bond donors (Lipinski definition) is 2.